The molecule has 20 heavy (non-hydrogen) atoms. The van der Waals surface area contributed by atoms with E-state index in [-0.39, 0.29) is 5.91 Å². The molecule has 0 aliphatic heterocycles. The standard InChI is InChI=1S/C16H25N3O/c1-5-6-17-14-8-12(7-11(2)19-14)15(20)18-10-13-9-16(13,3)4/h7-8,13H,5-6,9-10H2,1-4H3,(H,17,19)(H,18,20). The lowest BCUT2D eigenvalue weighted by atomic mass is 10.1. The molecule has 1 aromatic rings. The maximum absolute atomic E-state index is 12.2. The van der Waals surface area contributed by atoms with E-state index in [1.54, 1.807) is 0 Å². The van der Waals surface area contributed by atoms with Crippen LogP contribution < -0.4 is 10.6 Å². The van der Waals surface area contributed by atoms with E-state index in [9.17, 15) is 4.79 Å². The maximum Gasteiger partial charge on any atom is 0.251 e. The lowest BCUT2D eigenvalue weighted by molar-refractivity contribution is 0.0950. The third-order valence-electron chi connectivity index (χ3n) is 4.00. The van der Waals surface area contributed by atoms with Crippen LogP contribution in [0.15, 0.2) is 12.1 Å². The number of hydrogen-bond acceptors (Lipinski definition) is 3. The Bertz CT molecular complexity index is 496. The first-order valence-electron chi connectivity index (χ1n) is 7.43. The van der Waals surface area contributed by atoms with Crippen LogP contribution >= 0.6 is 0 Å². The highest BCUT2D eigenvalue weighted by Gasteiger charge is 2.45. The van der Waals surface area contributed by atoms with Crippen LogP contribution in [0.3, 0.4) is 0 Å². The highest BCUT2D eigenvalue weighted by atomic mass is 16.1. The van der Waals surface area contributed by atoms with Gasteiger partial charge in [-0.2, -0.15) is 0 Å². The Hall–Kier alpha value is -1.58. The zero-order valence-electron chi connectivity index (χ0n) is 12.9. The van der Waals surface area contributed by atoms with Crippen LogP contribution in [0, 0.1) is 18.3 Å². The second-order valence-electron chi connectivity index (χ2n) is 6.41. The molecule has 1 saturated carbocycles. The summed E-state index contributed by atoms with van der Waals surface area (Å²) in [6.07, 6.45) is 2.24. The molecule has 2 N–H and O–H groups in total. The van der Waals surface area contributed by atoms with Gasteiger partial charge < -0.3 is 10.6 Å². The van der Waals surface area contributed by atoms with Gasteiger partial charge in [0.15, 0.2) is 0 Å². The Labute approximate surface area is 121 Å². The molecule has 4 nitrogen and oxygen atoms in total. The van der Waals surface area contributed by atoms with Gasteiger partial charge in [0.1, 0.15) is 5.82 Å². The van der Waals surface area contributed by atoms with Gasteiger partial charge in [0.25, 0.3) is 5.91 Å². The Morgan fingerprint density at radius 1 is 1.45 bits per heavy atom. The molecule has 1 atom stereocenters. The number of aromatic nitrogens is 1. The van der Waals surface area contributed by atoms with E-state index < -0.39 is 0 Å². The molecule has 1 aliphatic rings. The summed E-state index contributed by atoms with van der Waals surface area (Å²) in [5, 5.41) is 6.26. The summed E-state index contributed by atoms with van der Waals surface area (Å²) >= 11 is 0. The number of carbonyl (C=O) groups is 1. The Kier molecular flexibility index (Phi) is 4.31. The molecule has 0 bridgehead atoms. The third kappa shape index (κ3) is 3.71. The molecule has 1 unspecified atom stereocenters. The molecule has 1 fully saturated rings. The minimum Gasteiger partial charge on any atom is -0.370 e. The first kappa shape index (κ1) is 14.8. The van der Waals surface area contributed by atoms with Gasteiger partial charge >= 0.3 is 0 Å². The number of anilines is 1. The van der Waals surface area contributed by atoms with E-state index in [1.807, 2.05) is 19.1 Å². The van der Waals surface area contributed by atoms with Crippen molar-refractivity contribution in [2.75, 3.05) is 18.4 Å². The molecule has 110 valence electrons. The van der Waals surface area contributed by atoms with Crippen molar-refractivity contribution in [3.8, 4) is 0 Å². The van der Waals surface area contributed by atoms with Crippen molar-refractivity contribution in [3.05, 3.63) is 23.4 Å². The molecule has 4 heteroatoms. The van der Waals surface area contributed by atoms with E-state index in [0.717, 1.165) is 31.0 Å². The van der Waals surface area contributed by atoms with Crippen molar-refractivity contribution in [1.82, 2.24) is 10.3 Å². The first-order valence-corrected chi connectivity index (χ1v) is 7.43. The number of hydrogen-bond donors (Lipinski definition) is 2. The molecule has 0 saturated heterocycles. The van der Waals surface area contributed by atoms with Crippen LogP contribution in [-0.2, 0) is 0 Å². The van der Waals surface area contributed by atoms with Gasteiger partial charge in [-0.25, -0.2) is 4.98 Å². The van der Waals surface area contributed by atoms with Gasteiger partial charge in [0, 0.05) is 24.3 Å². The molecular weight excluding hydrogens is 250 g/mol. The minimum atomic E-state index is -0.00208. The number of carbonyl (C=O) groups excluding carboxylic acids is 1. The molecule has 1 aromatic heterocycles. The fraction of sp³-hybridized carbons (Fsp3) is 0.625. The number of nitrogens with one attached hydrogen (secondary N) is 2. The van der Waals surface area contributed by atoms with Gasteiger partial charge in [-0.15, -0.1) is 0 Å². The largest absolute Gasteiger partial charge is 0.370 e. The van der Waals surface area contributed by atoms with Crippen LogP contribution in [0.2, 0.25) is 0 Å². The monoisotopic (exact) mass is 275 g/mol. The first-order chi connectivity index (χ1) is 9.42. The number of aryl methyl sites for hydroxylation is 1. The predicted molar refractivity (Wildman–Crippen MR) is 82.0 cm³/mol. The number of amides is 1. The van der Waals surface area contributed by atoms with E-state index >= 15 is 0 Å². The van der Waals surface area contributed by atoms with Gasteiger partial charge in [-0.3, -0.25) is 4.79 Å². The molecule has 2 rings (SSSR count). The van der Waals surface area contributed by atoms with Crippen LogP contribution in [0.1, 0.15) is 49.7 Å². The lowest BCUT2D eigenvalue weighted by Crippen LogP contribution is -2.26. The van der Waals surface area contributed by atoms with Crippen LogP contribution in [0.25, 0.3) is 0 Å². The molecule has 0 radical (unpaired) electrons. The number of rotatable bonds is 6. The molecule has 1 amide bonds. The summed E-state index contributed by atoms with van der Waals surface area (Å²) in [6, 6.07) is 3.67. The van der Waals surface area contributed by atoms with Gasteiger partial charge in [0.2, 0.25) is 0 Å². The van der Waals surface area contributed by atoms with Crippen molar-refractivity contribution < 1.29 is 4.79 Å². The van der Waals surface area contributed by atoms with Crippen molar-refractivity contribution in [3.63, 3.8) is 0 Å². The highest BCUT2D eigenvalue weighted by Crippen LogP contribution is 2.50. The zero-order valence-corrected chi connectivity index (χ0v) is 12.9. The fourth-order valence-electron chi connectivity index (χ4n) is 2.39. The van der Waals surface area contributed by atoms with Crippen LogP contribution in [0.4, 0.5) is 5.82 Å². The van der Waals surface area contributed by atoms with E-state index in [0.29, 0.717) is 16.9 Å². The van der Waals surface area contributed by atoms with Crippen molar-refractivity contribution in [1.29, 1.82) is 0 Å². The predicted octanol–water partition coefficient (Wildman–Crippen LogP) is 2.99. The molecule has 0 spiro atoms. The van der Waals surface area contributed by atoms with Crippen molar-refractivity contribution in [2.45, 2.75) is 40.5 Å². The van der Waals surface area contributed by atoms with Crippen LogP contribution in [-0.4, -0.2) is 24.0 Å². The van der Waals surface area contributed by atoms with E-state index in [1.165, 1.54) is 6.42 Å². The normalized spacial score (nSPS) is 19.5. The fourth-order valence-corrected chi connectivity index (χ4v) is 2.39. The van der Waals surface area contributed by atoms with Crippen molar-refractivity contribution in [2.24, 2.45) is 11.3 Å². The van der Waals surface area contributed by atoms with Gasteiger partial charge in [-0.05, 0) is 43.2 Å². The maximum atomic E-state index is 12.2. The summed E-state index contributed by atoms with van der Waals surface area (Å²) in [5.41, 5.74) is 1.95. The molecular formula is C16H25N3O. The SMILES string of the molecule is CCCNc1cc(C(=O)NCC2CC2(C)C)cc(C)n1. The average molecular weight is 275 g/mol. The Balaban J connectivity index is 1.96. The van der Waals surface area contributed by atoms with E-state index in [4.69, 9.17) is 0 Å². The number of nitrogens with zero attached hydrogens (tertiary/aromatic N) is 1. The lowest BCUT2D eigenvalue weighted by Gasteiger charge is -2.10. The van der Waals surface area contributed by atoms with Crippen LogP contribution in [0.5, 0.6) is 0 Å². The quantitative estimate of drug-likeness (QED) is 0.839. The average Bonchev–Trinajstić information content (AvgIpc) is 3.00. The summed E-state index contributed by atoms with van der Waals surface area (Å²) in [5.74, 6) is 1.40. The highest BCUT2D eigenvalue weighted by molar-refractivity contribution is 5.95. The Morgan fingerprint density at radius 3 is 2.75 bits per heavy atom. The van der Waals surface area contributed by atoms with Gasteiger partial charge in [-0.1, -0.05) is 20.8 Å². The summed E-state index contributed by atoms with van der Waals surface area (Å²) in [6.45, 7) is 10.1. The number of pyridine rings is 1. The molecule has 1 heterocycles. The second-order valence-corrected chi connectivity index (χ2v) is 6.41. The summed E-state index contributed by atoms with van der Waals surface area (Å²) in [4.78, 5) is 16.6. The second kappa shape index (κ2) is 5.81. The van der Waals surface area contributed by atoms with Crippen molar-refractivity contribution >= 4 is 11.7 Å². The third-order valence-corrected chi connectivity index (χ3v) is 4.00. The zero-order chi connectivity index (χ0) is 14.8. The van der Waals surface area contributed by atoms with Gasteiger partial charge in [0.05, 0.1) is 0 Å². The molecule has 1 aliphatic carbocycles. The van der Waals surface area contributed by atoms with E-state index in [2.05, 4.69) is 36.4 Å². The molecule has 0 aromatic carbocycles. The summed E-state index contributed by atoms with van der Waals surface area (Å²) in [7, 11) is 0. The minimum absolute atomic E-state index is 0.00208. The summed E-state index contributed by atoms with van der Waals surface area (Å²) < 4.78 is 0. The topological polar surface area (TPSA) is 54.0 Å². The smallest absolute Gasteiger partial charge is 0.251 e. The Morgan fingerprint density at radius 2 is 2.15 bits per heavy atom.